The summed E-state index contributed by atoms with van der Waals surface area (Å²) >= 11 is 0. The van der Waals surface area contributed by atoms with E-state index in [0.29, 0.717) is 0 Å². The van der Waals surface area contributed by atoms with Gasteiger partial charge < -0.3 is 40.0 Å². The predicted octanol–water partition coefficient (Wildman–Crippen LogP) is -0.940. The first kappa shape index (κ1) is 31.2. The van der Waals surface area contributed by atoms with Gasteiger partial charge in [-0.05, 0) is 0 Å². The number of aromatic amines is 1. The highest BCUT2D eigenvalue weighted by Crippen LogP contribution is 2.54. The third-order valence-electron chi connectivity index (χ3n) is 7.70. The number of phosphoric ester groups is 1. The van der Waals surface area contributed by atoms with E-state index in [9.17, 15) is 23.9 Å². The van der Waals surface area contributed by atoms with Crippen molar-refractivity contribution in [2.24, 2.45) is 5.92 Å². The van der Waals surface area contributed by atoms with Crippen LogP contribution >= 0.6 is 15.3 Å². The first-order valence-electron chi connectivity index (χ1n) is 13.4. The van der Waals surface area contributed by atoms with Crippen molar-refractivity contribution in [2.75, 3.05) is 31.3 Å². The van der Waals surface area contributed by atoms with Crippen LogP contribution < -0.4 is 17.0 Å². The van der Waals surface area contributed by atoms with Crippen molar-refractivity contribution < 1.29 is 51.1 Å². The molecule has 244 valence electrons. The highest BCUT2D eigenvalue weighted by atomic mass is 31.2. The summed E-state index contributed by atoms with van der Waals surface area (Å²) in [6.45, 7) is -2.18. The van der Waals surface area contributed by atoms with Gasteiger partial charge in [-0.25, -0.2) is 28.9 Å². The van der Waals surface area contributed by atoms with Crippen LogP contribution in [0, 0.1) is 5.92 Å². The summed E-state index contributed by atoms with van der Waals surface area (Å²) in [5.74, 6) is -1.35. The van der Waals surface area contributed by atoms with E-state index in [2.05, 4.69) is 29.9 Å². The van der Waals surface area contributed by atoms with E-state index in [1.54, 1.807) is 0 Å². The summed E-state index contributed by atoms with van der Waals surface area (Å²) in [6.07, 6.45) is -7.55. The lowest BCUT2D eigenvalue weighted by atomic mass is 9.99. The number of nitrogens with zero attached hydrogens (tertiary/aromatic N) is 7. The highest BCUT2D eigenvalue weighted by molar-refractivity contribution is 7.79. The molecule has 10 atom stereocenters. The minimum atomic E-state index is -5.09. The molecule has 3 aliphatic rings. The van der Waals surface area contributed by atoms with E-state index >= 15 is 4.39 Å². The topological polar surface area (TPSA) is 289 Å². The quantitative estimate of drug-likeness (QED) is 0.128. The van der Waals surface area contributed by atoms with Crippen molar-refractivity contribution in [3.05, 3.63) is 29.3 Å². The molecule has 3 fully saturated rings. The molecule has 21 nitrogen and oxygen atoms in total. The smallest absolute Gasteiger partial charge is 0.396 e. The molecule has 7 N–H and O–H groups in total. The maximum atomic E-state index is 16.0. The number of halogens is 1. The molecule has 7 rings (SSSR count). The van der Waals surface area contributed by atoms with Gasteiger partial charge in [-0.1, -0.05) is 0 Å². The minimum absolute atomic E-state index is 0.0138. The third kappa shape index (κ3) is 5.41. The fraction of sp³-hybridized carbons (Fsp3) is 0.524. The average Bonchev–Trinajstić information content (AvgIpc) is 3.75. The van der Waals surface area contributed by atoms with Crippen LogP contribution in [0.4, 0.5) is 16.2 Å². The molecule has 2 radical (unpaired) electrons. The summed E-state index contributed by atoms with van der Waals surface area (Å²) in [5, 5.41) is 10.3. The molecule has 0 saturated carbocycles. The zero-order valence-corrected chi connectivity index (χ0v) is 25.0. The van der Waals surface area contributed by atoms with Crippen LogP contribution in [0.1, 0.15) is 12.5 Å². The molecule has 3 saturated heterocycles. The summed E-state index contributed by atoms with van der Waals surface area (Å²) in [7, 11) is -3.76. The highest BCUT2D eigenvalue weighted by Gasteiger charge is 2.54. The van der Waals surface area contributed by atoms with Crippen molar-refractivity contribution in [1.82, 2.24) is 39.0 Å². The molecule has 7 heterocycles. The molecule has 0 amide bonds. The van der Waals surface area contributed by atoms with E-state index in [-0.39, 0.29) is 34.1 Å². The number of phosphoric acid groups is 1. The summed E-state index contributed by atoms with van der Waals surface area (Å²) < 4.78 is 78.3. The molecule has 2 bridgehead atoms. The maximum Gasteiger partial charge on any atom is 0.472 e. The van der Waals surface area contributed by atoms with E-state index in [0.717, 1.165) is 12.7 Å². The lowest BCUT2D eigenvalue weighted by molar-refractivity contribution is -0.0613. The van der Waals surface area contributed by atoms with Gasteiger partial charge in [0.15, 0.2) is 41.3 Å². The largest absolute Gasteiger partial charge is 0.472 e. The van der Waals surface area contributed by atoms with Crippen molar-refractivity contribution >= 4 is 57.0 Å². The number of imidazole rings is 2. The van der Waals surface area contributed by atoms with E-state index < -0.39 is 89.6 Å². The van der Waals surface area contributed by atoms with Crippen LogP contribution in [0.5, 0.6) is 0 Å². The van der Waals surface area contributed by atoms with Crippen molar-refractivity contribution in [1.29, 1.82) is 0 Å². The van der Waals surface area contributed by atoms with Crippen LogP contribution in [0.15, 0.2) is 23.8 Å². The second kappa shape index (κ2) is 11.4. The van der Waals surface area contributed by atoms with Crippen LogP contribution in [-0.2, 0) is 36.7 Å². The molecule has 3 aliphatic heterocycles. The Labute approximate surface area is 256 Å². The molecule has 46 heavy (non-hydrogen) atoms. The third-order valence-corrected chi connectivity index (χ3v) is 9.73. The number of nitrogens with one attached hydrogen (secondary N) is 1. The Hall–Kier alpha value is -3.37. The van der Waals surface area contributed by atoms with Gasteiger partial charge in [0.05, 0.1) is 38.6 Å². The fourth-order valence-corrected chi connectivity index (χ4v) is 7.58. The number of nitrogens with two attached hydrogens (primary N) is 2. The number of ether oxygens (including phenoxy) is 2. The molecule has 0 spiro atoms. The number of aliphatic hydroxyl groups is 1. The number of rotatable bonds is 3. The number of H-pyrrole nitrogens is 1. The van der Waals surface area contributed by atoms with E-state index in [1.165, 1.54) is 15.5 Å². The standard InChI is InChI=1S/C21H24BFN10O11P2/c22-45(36)39-3-9-14(10(23)19(42-9)32-5-28-11-15(24)26-4-27-16(11)32)44-46(37,38)40-2-8-7(1-34)13(43-45)20(41-8)33-6-29-12-17(33)30-21(25)31-18(12)35/h4-10,13-14,19-20,34H,1-3H2,(H,37,38)(H2,24,26,27)(H3,25,30,31,35)/t7-,8?,9+,10-,13-,14-,19?,20+,45+/m0/s1. The Morgan fingerprint density at radius 3 is 2.43 bits per heavy atom. The number of nitrogen functional groups attached to an aromatic ring is 2. The summed E-state index contributed by atoms with van der Waals surface area (Å²) in [4.78, 5) is 45.3. The summed E-state index contributed by atoms with van der Waals surface area (Å²) in [6, 6.07) is 0. The number of aromatic nitrogens is 8. The van der Waals surface area contributed by atoms with Crippen molar-refractivity contribution in [3.63, 3.8) is 0 Å². The fourth-order valence-electron chi connectivity index (χ4n) is 5.61. The zero-order valence-electron chi connectivity index (χ0n) is 23.2. The normalized spacial score (nSPS) is 37.1. The van der Waals surface area contributed by atoms with Crippen molar-refractivity contribution in [3.8, 4) is 0 Å². The van der Waals surface area contributed by atoms with Gasteiger partial charge in [-0.15, -0.1) is 0 Å². The molecule has 0 aliphatic carbocycles. The van der Waals surface area contributed by atoms with Gasteiger partial charge in [0.1, 0.15) is 30.2 Å². The number of fused-ring (bicyclic) bond motifs is 5. The number of aliphatic hydroxyl groups excluding tert-OH is 1. The number of hydrogen-bond donors (Lipinski definition) is 5. The van der Waals surface area contributed by atoms with Gasteiger partial charge in [0, 0.05) is 5.92 Å². The molecular formula is C21H24BFN10O11P2. The number of hydrogen-bond acceptors (Lipinski definition) is 17. The second-order valence-electron chi connectivity index (χ2n) is 10.5. The van der Waals surface area contributed by atoms with Crippen LogP contribution in [-0.4, -0.2) is 107 Å². The van der Waals surface area contributed by atoms with Crippen LogP contribution in [0.3, 0.4) is 0 Å². The SMILES string of the molecule is [B][P@@]1(=O)OC[C@H]2OC(n3cnc4c(N)ncnc43)[C@@H](F)[C@H]2OP(=O)(O)OCC2O[C@@H](n3cnc4c(=O)[nH]c(N)nc43)[C@@H](O1)[C@H]2CO. The van der Waals surface area contributed by atoms with Crippen LogP contribution in [0.25, 0.3) is 22.3 Å². The van der Waals surface area contributed by atoms with E-state index in [4.69, 9.17) is 46.6 Å². The molecule has 4 aromatic heterocycles. The first-order valence-corrected chi connectivity index (χ1v) is 16.5. The lowest BCUT2D eigenvalue weighted by Gasteiger charge is -2.28. The second-order valence-corrected chi connectivity index (χ2v) is 13.5. The monoisotopic (exact) mass is 684 g/mol. The molecule has 3 unspecified atom stereocenters. The zero-order chi connectivity index (χ0) is 32.5. The predicted molar refractivity (Wildman–Crippen MR) is 150 cm³/mol. The first-order chi connectivity index (χ1) is 21.9. The Bertz CT molecular complexity index is 1960. The van der Waals surface area contributed by atoms with Crippen molar-refractivity contribution in [2.45, 2.75) is 43.0 Å². The average molecular weight is 684 g/mol. The van der Waals surface area contributed by atoms with Gasteiger partial charge in [0.2, 0.25) is 13.5 Å². The number of anilines is 2. The lowest BCUT2D eigenvalue weighted by Crippen LogP contribution is -2.34. The van der Waals surface area contributed by atoms with E-state index in [1.807, 2.05) is 0 Å². The Morgan fingerprint density at radius 2 is 1.67 bits per heavy atom. The molecular weight excluding hydrogens is 660 g/mol. The van der Waals surface area contributed by atoms with Gasteiger partial charge in [-0.3, -0.25) is 32.5 Å². The summed E-state index contributed by atoms with van der Waals surface area (Å²) in [5.41, 5.74) is 10.9. The van der Waals surface area contributed by atoms with Gasteiger partial charge >= 0.3 is 7.82 Å². The molecule has 25 heteroatoms. The maximum absolute atomic E-state index is 16.0. The Balaban J connectivity index is 1.22. The van der Waals surface area contributed by atoms with Gasteiger partial charge in [0.25, 0.3) is 13.0 Å². The Kier molecular flexibility index (Phi) is 7.75. The van der Waals surface area contributed by atoms with Gasteiger partial charge in [-0.2, -0.15) is 4.98 Å². The molecule has 0 aromatic carbocycles. The number of alkyl halides is 1. The molecule has 4 aromatic rings. The Morgan fingerprint density at radius 1 is 0.978 bits per heavy atom. The van der Waals surface area contributed by atoms with Crippen LogP contribution in [0.2, 0.25) is 0 Å². The minimum Gasteiger partial charge on any atom is -0.396 e.